The first kappa shape index (κ1) is 23.2. The maximum Gasteiger partial charge on any atom is 0.265 e. The van der Waals surface area contributed by atoms with Gasteiger partial charge in [0.25, 0.3) is 5.56 Å². The SMILES string of the molecule is COCCn1cnc2c(c1=O)c1nc3ccccc3nc1n2N=Cc1cc(OC)c(OC)c(OC)c1. The van der Waals surface area contributed by atoms with Crippen molar-refractivity contribution in [1.29, 1.82) is 0 Å². The number of rotatable bonds is 8. The Kier molecular flexibility index (Phi) is 6.21. The lowest BCUT2D eigenvalue weighted by atomic mass is 10.2. The van der Waals surface area contributed by atoms with E-state index in [2.05, 4.69) is 10.1 Å². The zero-order chi connectivity index (χ0) is 25.2. The second-order valence-electron chi connectivity index (χ2n) is 7.83. The molecular formula is C25H24N6O5. The number of methoxy groups -OCH3 is 4. The van der Waals surface area contributed by atoms with E-state index < -0.39 is 0 Å². The number of nitrogens with zero attached hydrogens (tertiary/aromatic N) is 6. The lowest BCUT2D eigenvalue weighted by Crippen LogP contribution is -2.22. The van der Waals surface area contributed by atoms with Crippen molar-refractivity contribution >= 4 is 39.4 Å². The molecular weight excluding hydrogens is 464 g/mol. The Morgan fingerprint density at radius 3 is 2.28 bits per heavy atom. The van der Waals surface area contributed by atoms with Gasteiger partial charge in [-0.25, -0.2) is 15.0 Å². The van der Waals surface area contributed by atoms with Gasteiger partial charge in [-0.1, -0.05) is 12.1 Å². The Morgan fingerprint density at radius 1 is 0.944 bits per heavy atom. The summed E-state index contributed by atoms with van der Waals surface area (Å²) < 4.78 is 24.4. The molecule has 3 aromatic heterocycles. The van der Waals surface area contributed by atoms with Crippen LogP contribution in [0, 0.1) is 0 Å². The van der Waals surface area contributed by atoms with E-state index in [0.29, 0.717) is 69.2 Å². The molecule has 0 radical (unpaired) electrons. The predicted molar refractivity (Wildman–Crippen MR) is 136 cm³/mol. The van der Waals surface area contributed by atoms with Gasteiger partial charge < -0.3 is 18.9 Å². The summed E-state index contributed by atoms with van der Waals surface area (Å²) in [6.45, 7) is 0.736. The van der Waals surface area contributed by atoms with E-state index in [4.69, 9.17) is 28.9 Å². The van der Waals surface area contributed by atoms with Crippen LogP contribution in [0.4, 0.5) is 0 Å². The molecule has 5 aromatic rings. The smallest absolute Gasteiger partial charge is 0.265 e. The topological polar surface area (TPSA) is 115 Å². The third-order valence-corrected chi connectivity index (χ3v) is 5.75. The van der Waals surface area contributed by atoms with Crippen LogP contribution in [0.5, 0.6) is 17.2 Å². The largest absolute Gasteiger partial charge is 0.493 e. The van der Waals surface area contributed by atoms with Gasteiger partial charge in [-0.2, -0.15) is 9.78 Å². The number of fused-ring (bicyclic) bond motifs is 4. The number of hydrogen-bond donors (Lipinski definition) is 0. The van der Waals surface area contributed by atoms with E-state index in [-0.39, 0.29) is 5.56 Å². The van der Waals surface area contributed by atoms with Gasteiger partial charge in [0.2, 0.25) is 5.75 Å². The summed E-state index contributed by atoms with van der Waals surface area (Å²) in [5.41, 5.74) is 2.98. The van der Waals surface area contributed by atoms with Crippen LogP contribution in [0.2, 0.25) is 0 Å². The quantitative estimate of drug-likeness (QED) is 0.306. The minimum absolute atomic E-state index is 0.242. The highest BCUT2D eigenvalue weighted by atomic mass is 16.5. The third-order valence-electron chi connectivity index (χ3n) is 5.75. The molecule has 0 N–H and O–H groups in total. The average molecular weight is 489 g/mol. The number of aromatic nitrogens is 5. The average Bonchev–Trinajstić information content (AvgIpc) is 3.22. The van der Waals surface area contributed by atoms with Crippen LogP contribution >= 0.6 is 0 Å². The molecule has 0 spiro atoms. The number of ether oxygens (including phenoxy) is 4. The first-order valence-corrected chi connectivity index (χ1v) is 11.1. The molecule has 36 heavy (non-hydrogen) atoms. The van der Waals surface area contributed by atoms with Crippen LogP contribution in [0.25, 0.3) is 33.2 Å². The highest BCUT2D eigenvalue weighted by Crippen LogP contribution is 2.37. The zero-order valence-electron chi connectivity index (χ0n) is 20.3. The Bertz CT molecular complexity index is 1650. The van der Waals surface area contributed by atoms with Crippen molar-refractivity contribution in [1.82, 2.24) is 24.2 Å². The van der Waals surface area contributed by atoms with Gasteiger partial charge in [0.05, 0.1) is 51.7 Å². The second-order valence-corrected chi connectivity index (χ2v) is 7.83. The van der Waals surface area contributed by atoms with Crippen LogP contribution in [-0.4, -0.2) is 65.5 Å². The maximum atomic E-state index is 13.4. The molecule has 0 aliphatic carbocycles. The highest BCUT2D eigenvalue weighted by Gasteiger charge is 2.20. The lowest BCUT2D eigenvalue weighted by molar-refractivity contribution is 0.186. The number of hydrogen-bond acceptors (Lipinski definition) is 9. The normalized spacial score (nSPS) is 11.7. The van der Waals surface area contributed by atoms with Crippen molar-refractivity contribution in [2.75, 3.05) is 35.0 Å². The summed E-state index contributed by atoms with van der Waals surface area (Å²) in [6, 6.07) is 11.0. The summed E-state index contributed by atoms with van der Waals surface area (Å²) in [6.07, 6.45) is 3.09. The van der Waals surface area contributed by atoms with E-state index >= 15 is 0 Å². The van der Waals surface area contributed by atoms with Crippen LogP contribution in [-0.2, 0) is 11.3 Å². The van der Waals surface area contributed by atoms with Crippen LogP contribution < -0.4 is 19.8 Å². The molecule has 0 saturated carbocycles. The fourth-order valence-electron chi connectivity index (χ4n) is 4.01. The molecule has 0 saturated heterocycles. The number of para-hydroxylation sites is 2. The molecule has 0 fully saturated rings. The van der Waals surface area contributed by atoms with Crippen LogP contribution in [0.15, 0.2) is 52.6 Å². The van der Waals surface area contributed by atoms with E-state index in [0.717, 1.165) is 0 Å². The Balaban J connectivity index is 1.75. The molecule has 5 rings (SSSR count). The Hall–Kier alpha value is -4.51. The molecule has 2 aromatic carbocycles. The van der Waals surface area contributed by atoms with Crippen molar-refractivity contribution < 1.29 is 18.9 Å². The predicted octanol–water partition coefficient (Wildman–Crippen LogP) is 2.85. The fraction of sp³-hybridized carbons (Fsp3) is 0.240. The monoisotopic (exact) mass is 488 g/mol. The highest BCUT2D eigenvalue weighted by molar-refractivity contribution is 6.04. The van der Waals surface area contributed by atoms with Gasteiger partial charge in [0, 0.05) is 12.7 Å². The first-order chi connectivity index (χ1) is 17.6. The molecule has 3 heterocycles. The zero-order valence-corrected chi connectivity index (χ0v) is 20.3. The molecule has 0 atom stereocenters. The van der Waals surface area contributed by atoms with Crippen molar-refractivity contribution in [3.8, 4) is 17.2 Å². The van der Waals surface area contributed by atoms with Crippen molar-refractivity contribution in [3.63, 3.8) is 0 Å². The molecule has 0 unspecified atom stereocenters. The molecule has 0 aliphatic heterocycles. The summed E-state index contributed by atoms with van der Waals surface area (Å²) in [5.74, 6) is 1.46. The van der Waals surface area contributed by atoms with Crippen molar-refractivity contribution in [2.24, 2.45) is 5.10 Å². The summed E-state index contributed by atoms with van der Waals surface area (Å²) in [5, 5.41) is 4.98. The maximum absolute atomic E-state index is 13.4. The summed E-state index contributed by atoms with van der Waals surface area (Å²) in [4.78, 5) is 27.4. The minimum Gasteiger partial charge on any atom is -0.493 e. The Morgan fingerprint density at radius 2 is 1.64 bits per heavy atom. The number of benzene rings is 2. The van der Waals surface area contributed by atoms with E-state index in [1.165, 1.54) is 15.6 Å². The molecule has 0 bridgehead atoms. The molecule has 11 nitrogen and oxygen atoms in total. The van der Waals surface area contributed by atoms with Gasteiger partial charge in [-0.3, -0.25) is 9.36 Å². The van der Waals surface area contributed by atoms with E-state index in [1.54, 1.807) is 46.8 Å². The van der Waals surface area contributed by atoms with Crippen molar-refractivity contribution in [2.45, 2.75) is 6.54 Å². The Labute approximate surface area is 205 Å². The van der Waals surface area contributed by atoms with E-state index in [9.17, 15) is 4.79 Å². The van der Waals surface area contributed by atoms with Gasteiger partial charge in [-0.15, -0.1) is 0 Å². The standard InChI is InChI=1S/C25H24N6O5/c1-33-10-9-30-14-26-23-20(25(30)32)21-24(29-17-8-6-5-7-16(17)28-21)31(23)27-13-15-11-18(34-2)22(36-4)19(12-15)35-3/h5-8,11-14H,9-10H2,1-4H3. The van der Waals surface area contributed by atoms with Gasteiger partial charge in [-0.05, 0) is 24.3 Å². The second kappa shape index (κ2) is 9.62. The lowest BCUT2D eigenvalue weighted by Gasteiger charge is -2.12. The molecule has 0 aliphatic rings. The van der Waals surface area contributed by atoms with Crippen molar-refractivity contribution in [3.05, 3.63) is 58.6 Å². The van der Waals surface area contributed by atoms with Crippen LogP contribution in [0.1, 0.15) is 5.56 Å². The third kappa shape index (κ3) is 3.89. The van der Waals surface area contributed by atoms with Gasteiger partial charge in [0.15, 0.2) is 22.8 Å². The minimum atomic E-state index is -0.242. The van der Waals surface area contributed by atoms with Gasteiger partial charge in [0.1, 0.15) is 17.2 Å². The molecule has 11 heteroatoms. The fourth-order valence-corrected chi connectivity index (χ4v) is 4.01. The van der Waals surface area contributed by atoms with E-state index in [1.807, 2.05) is 24.3 Å². The molecule has 0 amide bonds. The summed E-state index contributed by atoms with van der Waals surface area (Å²) >= 11 is 0. The van der Waals surface area contributed by atoms with Crippen LogP contribution in [0.3, 0.4) is 0 Å². The summed E-state index contributed by atoms with van der Waals surface area (Å²) in [7, 11) is 6.22. The molecule has 184 valence electrons. The van der Waals surface area contributed by atoms with Gasteiger partial charge >= 0.3 is 0 Å². The first-order valence-electron chi connectivity index (χ1n) is 11.1.